The Bertz CT molecular complexity index is 832. The summed E-state index contributed by atoms with van der Waals surface area (Å²) in [5.41, 5.74) is 2.83. The summed E-state index contributed by atoms with van der Waals surface area (Å²) in [4.78, 5) is 11.3. The van der Waals surface area contributed by atoms with Gasteiger partial charge in [-0.1, -0.05) is 42.5 Å². The molecule has 2 aromatic rings. The number of fused-ring (bicyclic) bond motifs is 3. The maximum absolute atomic E-state index is 11.7. The lowest BCUT2D eigenvalue weighted by Crippen LogP contribution is -2.29. The summed E-state index contributed by atoms with van der Waals surface area (Å²) in [6.45, 7) is 2.37. The van der Waals surface area contributed by atoms with Crippen LogP contribution in [0.4, 0.5) is 11.4 Å². The fraction of sp³-hybridized carbons (Fsp3) is 0.300. The van der Waals surface area contributed by atoms with Crippen LogP contribution in [0.3, 0.4) is 0 Å². The molecule has 0 saturated carbocycles. The molecule has 2 aliphatic rings. The number of nitrogens with one attached hydrogen (secondary N) is 1. The number of allylic oxidation sites excluding steroid dienone is 2. The molecule has 1 aliphatic carbocycles. The van der Waals surface area contributed by atoms with Crippen molar-refractivity contribution < 1.29 is 9.66 Å². The van der Waals surface area contributed by atoms with E-state index < -0.39 is 0 Å². The van der Waals surface area contributed by atoms with Gasteiger partial charge in [-0.3, -0.25) is 10.1 Å². The van der Waals surface area contributed by atoms with Crippen LogP contribution in [0, 0.1) is 16.0 Å². The molecule has 0 radical (unpaired) electrons. The summed E-state index contributed by atoms with van der Waals surface area (Å²) < 4.78 is 5.57. The predicted molar refractivity (Wildman–Crippen MR) is 97.1 cm³/mol. The van der Waals surface area contributed by atoms with E-state index in [9.17, 15) is 10.1 Å². The van der Waals surface area contributed by atoms with Crippen LogP contribution in [0.5, 0.6) is 5.75 Å². The Labute approximate surface area is 146 Å². The van der Waals surface area contributed by atoms with Gasteiger partial charge in [-0.05, 0) is 36.5 Å². The van der Waals surface area contributed by atoms with Gasteiger partial charge in [0.2, 0.25) is 0 Å². The van der Waals surface area contributed by atoms with Crippen LogP contribution < -0.4 is 10.1 Å². The Morgan fingerprint density at radius 3 is 2.80 bits per heavy atom. The summed E-state index contributed by atoms with van der Waals surface area (Å²) in [7, 11) is 0. The first kappa shape index (κ1) is 15.7. The van der Waals surface area contributed by atoms with Gasteiger partial charge >= 0.3 is 0 Å². The quantitative estimate of drug-likeness (QED) is 0.494. The zero-order valence-corrected chi connectivity index (χ0v) is 14.0. The van der Waals surface area contributed by atoms with Crippen LogP contribution in [-0.2, 0) is 0 Å². The van der Waals surface area contributed by atoms with Gasteiger partial charge in [0.15, 0.2) is 0 Å². The third-order valence-electron chi connectivity index (χ3n) is 5.09. The molecule has 5 nitrogen and oxygen atoms in total. The maximum atomic E-state index is 11.7. The largest absolute Gasteiger partial charge is 0.494 e. The number of hydrogen-bond donors (Lipinski definition) is 1. The summed E-state index contributed by atoms with van der Waals surface area (Å²) in [5, 5.41) is 15.1. The number of benzene rings is 2. The second-order valence-corrected chi connectivity index (χ2v) is 6.48. The van der Waals surface area contributed by atoms with Gasteiger partial charge in [0, 0.05) is 5.92 Å². The van der Waals surface area contributed by atoms with Crippen molar-refractivity contribution in [2.75, 3.05) is 11.9 Å². The van der Waals surface area contributed by atoms with Gasteiger partial charge in [0.1, 0.15) is 11.4 Å². The van der Waals surface area contributed by atoms with Crippen molar-refractivity contribution in [1.82, 2.24) is 0 Å². The molecule has 2 aromatic carbocycles. The summed E-state index contributed by atoms with van der Waals surface area (Å²) in [6.07, 6.45) is 5.32. The lowest BCUT2D eigenvalue weighted by Gasteiger charge is -2.37. The first-order chi connectivity index (χ1) is 12.2. The summed E-state index contributed by atoms with van der Waals surface area (Å²) in [5.74, 6) is 1.08. The first-order valence-corrected chi connectivity index (χ1v) is 8.62. The molecule has 4 rings (SSSR count). The Hall–Kier alpha value is -2.82. The predicted octanol–water partition coefficient (Wildman–Crippen LogP) is 4.82. The Kier molecular flexibility index (Phi) is 3.92. The number of nitro benzene ring substituents is 1. The molecule has 0 saturated heterocycles. The fourth-order valence-electron chi connectivity index (χ4n) is 4.04. The number of rotatable bonds is 4. The van der Waals surface area contributed by atoms with Gasteiger partial charge in [-0.25, -0.2) is 0 Å². The van der Waals surface area contributed by atoms with Gasteiger partial charge in [0.05, 0.1) is 23.6 Å². The van der Waals surface area contributed by atoms with Gasteiger partial charge < -0.3 is 10.1 Å². The summed E-state index contributed by atoms with van der Waals surface area (Å²) in [6, 6.07) is 13.7. The highest BCUT2D eigenvalue weighted by atomic mass is 16.6. The molecule has 0 bridgehead atoms. The van der Waals surface area contributed by atoms with Crippen LogP contribution in [0.1, 0.15) is 36.4 Å². The van der Waals surface area contributed by atoms with E-state index in [4.69, 9.17) is 4.74 Å². The second-order valence-electron chi connectivity index (χ2n) is 6.48. The average molecular weight is 336 g/mol. The summed E-state index contributed by atoms with van der Waals surface area (Å²) >= 11 is 0. The molecule has 1 N–H and O–H groups in total. The van der Waals surface area contributed by atoms with Gasteiger partial charge in [0.25, 0.3) is 5.69 Å². The topological polar surface area (TPSA) is 64.4 Å². The molecule has 128 valence electrons. The molecule has 0 fully saturated rings. The van der Waals surface area contributed by atoms with Crippen molar-refractivity contribution in [2.45, 2.75) is 25.3 Å². The van der Waals surface area contributed by atoms with Crippen LogP contribution in [0.15, 0.2) is 54.6 Å². The Morgan fingerprint density at radius 2 is 2.08 bits per heavy atom. The van der Waals surface area contributed by atoms with E-state index in [1.807, 2.05) is 31.2 Å². The molecule has 1 aliphatic heterocycles. The number of ether oxygens (including phenoxy) is 1. The van der Waals surface area contributed by atoms with E-state index in [-0.39, 0.29) is 22.6 Å². The molecule has 0 amide bonds. The molecule has 0 spiro atoms. The van der Waals surface area contributed by atoms with Crippen molar-refractivity contribution in [3.8, 4) is 5.75 Å². The lowest BCUT2D eigenvalue weighted by molar-refractivity contribution is -0.384. The van der Waals surface area contributed by atoms with E-state index in [2.05, 4.69) is 29.6 Å². The lowest BCUT2D eigenvalue weighted by atomic mass is 9.76. The Morgan fingerprint density at radius 1 is 1.28 bits per heavy atom. The third-order valence-corrected chi connectivity index (χ3v) is 5.09. The first-order valence-electron chi connectivity index (χ1n) is 8.62. The minimum absolute atomic E-state index is 0.0605. The highest BCUT2D eigenvalue weighted by Gasteiger charge is 2.41. The van der Waals surface area contributed by atoms with Crippen molar-refractivity contribution >= 4 is 11.4 Å². The standard InChI is InChI=1S/C20H20N2O3/c1-2-25-14-11-17-15-9-6-10-16(15)19(13-7-4-3-5-8-13)21-20(17)18(12-14)22(23)24/h3-9,11-12,15-16,19,21H,2,10H2,1H3/t15-,16-,19-/m0/s1. The van der Waals surface area contributed by atoms with Crippen LogP contribution in [0.2, 0.25) is 0 Å². The van der Waals surface area contributed by atoms with Gasteiger partial charge in [-0.2, -0.15) is 0 Å². The van der Waals surface area contributed by atoms with Crippen molar-refractivity contribution in [1.29, 1.82) is 0 Å². The Balaban J connectivity index is 1.85. The molecule has 5 heteroatoms. The number of nitro groups is 1. The van der Waals surface area contributed by atoms with Crippen molar-refractivity contribution in [3.63, 3.8) is 0 Å². The van der Waals surface area contributed by atoms with Crippen LogP contribution in [0.25, 0.3) is 0 Å². The molecular weight excluding hydrogens is 316 g/mol. The van der Waals surface area contributed by atoms with E-state index in [1.54, 1.807) is 0 Å². The zero-order valence-electron chi connectivity index (χ0n) is 14.0. The van der Waals surface area contributed by atoms with Crippen molar-refractivity contribution in [2.24, 2.45) is 5.92 Å². The number of nitrogens with zero attached hydrogens (tertiary/aromatic N) is 1. The van der Waals surface area contributed by atoms with E-state index in [0.717, 1.165) is 17.5 Å². The number of anilines is 1. The fourth-order valence-corrected chi connectivity index (χ4v) is 4.04. The second kappa shape index (κ2) is 6.24. The average Bonchev–Trinajstić information content (AvgIpc) is 3.11. The SMILES string of the molecule is CCOc1cc2c(c([N+](=O)[O-])c1)N[C@@H](c1ccccc1)[C@H]1CC=C[C@H]21. The highest BCUT2D eigenvalue weighted by molar-refractivity contribution is 5.73. The third kappa shape index (κ3) is 2.65. The van der Waals surface area contributed by atoms with Crippen molar-refractivity contribution in [3.05, 3.63) is 75.9 Å². The van der Waals surface area contributed by atoms with Crippen LogP contribution in [-0.4, -0.2) is 11.5 Å². The van der Waals surface area contributed by atoms with E-state index in [1.165, 1.54) is 6.07 Å². The molecule has 0 aromatic heterocycles. The molecule has 0 unspecified atom stereocenters. The van der Waals surface area contributed by atoms with Crippen LogP contribution >= 0.6 is 0 Å². The van der Waals surface area contributed by atoms with E-state index in [0.29, 0.717) is 24.0 Å². The van der Waals surface area contributed by atoms with Gasteiger partial charge in [-0.15, -0.1) is 0 Å². The normalized spacial score (nSPS) is 23.5. The van der Waals surface area contributed by atoms with E-state index >= 15 is 0 Å². The highest BCUT2D eigenvalue weighted by Crippen LogP contribution is 2.53. The molecule has 3 atom stereocenters. The minimum Gasteiger partial charge on any atom is -0.494 e. The minimum atomic E-state index is -0.324. The smallest absolute Gasteiger partial charge is 0.296 e. The molecular formula is C20H20N2O3. The number of hydrogen-bond acceptors (Lipinski definition) is 4. The monoisotopic (exact) mass is 336 g/mol. The molecule has 25 heavy (non-hydrogen) atoms. The maximum Gasteiger partial charge on any atom is 0.296 e. The molecule has 1 heterocycles. The zero-order chi connectivity index (χ0) is 17.4.